The van der Waals surface area contributed by atoms with Gasteiger partial charge in [0.25, 0.3) is 5.91 Å². The maximum atomic E-state index is 13.2. The van der Waals surface area contributed by atoms with E-state index in [9.17, 15) is 18.0 Å². The third-order valence-corrected chi connectivity index (χ3v) is 5.38. The van der Waals surface area contributed by atoms with Gasteiger partial charge >= 0.3 is 6.18 Å². The number of hydrogen-bond donors (Lipinski definition) is 3. The van der Waals surface area contributed by atoms with Crippen molar-refractivity contribution in [3.63, 3.8) is 0 Å². The molecule has 2 heterocycles. The number of halogens is 3. The van der Waals surface area contributed by atoms with E-state index in [-0.39, 0.29) is 17.5 Å². The van der Waals surface area contributed by atoms with Gasteiger partial charge in [-0.1, -0.05) is 24.3 Å². The highest BCUT2D eigenvalue weighted by Crippen LogP contribution is 2.34. The Bertz CT molecular complexity index is 1090. The number of rotatable bonds is 4. The van der Waals surface area contributed by atoms with Crippen LogP contribution in [0.4, 0.5) is 19.0 Å². The van der Waals surface area contributed by atoms with Crippen LogP contribution in [0.1, 0.15) is 33.8 Å². The van der Waals surface area contributed by atoms with Gasteiger partial charge in [-0.15, -0.1) is 0 Å². The fourth-order valence-electron chi connectivity index (χ4n) is 3.93. The van der Waals surface area contributed by atoms with Crippen LogP contribution < -0.4 is 16.4 Å². The van der Waals surface area contributed by atoms with E-state index in [0.717, 1.165) is 6.07 Å². The number of fused-ring (bicyclic) bond motifs is 1. The van der Waals surface area contributed by atoms with Crippen molar-refractivity contribution >= 4 is 22.6 Å². The smallest absolute Gasteiger partial charge is 0.366 e. The maximum absolute atomic E-state index is 13.2. The van der Waals surface area contributed by atoms with E-state index in [1.54, 1.807) is 24.3 Å². The lowest BCUT2D eigenvalue weighted by atomic mass is 9.85. The average Bonchev–Trinajstić information content (AvgIpc) is 2.73. The van der Waals surface area contributed by atoms with Gasteiger partial charge in [-0.25, -0.2) is 9.97 Å². The Kier molecular flexibility index (Phi) is 5.29. The summed E-state index contributed by atoms with van der Waals surface area (Å²) >= 11 is 0. The van der Waals surface area contributed by atoms with Crippen molar-refractivity contribution in [2.75, 3.05) is 18.4 Å². The van der Waals surface area contributed by atoms with Gasteiger partial charge in [0.1, 0.15) is 12.1 Å². The number of benzene rings is 2. The molecular formula is C21H20F3N5O. The van der Waals surface area contributed by atoms with Crippen molar-refractivity contribution in [3.8, 4) is 0 Å². The lowest BCUT2D eigenvalue weighted by Gasteiger charge is -2.34. The van der Waals surface area contributed by atoms with E-state index in [2.05, 4.69) is 20.6 Å². The number of para-hydroxylation sites is 1. The number of alkyl halides is 3. The van der Waals surface area contributed by atoms with Crippen molar-refractivity contribution in [1.82, 2.24) is 15.3 Å². The van der Waals surface area contributed by atoms with E-state index in [4.69, 9.17) is 5.73 Å². The van der Waals surface area contributed by atoms with E-state index in [0.29, 0.717) is 41.8 Å². The van der Waals surface area contributed by atoms with Crippen molar-refractivity contribution < 1.29 is 18.0 Å². The molecule has 2 atom stereocenters. The Morgan fingerprint density at radius 3 is 2.73 bits per heavy atom. The molecule has 3 aromatic rings. The molecule has 1 aliphatic rings. The van der Waals surface area contributed by atoms with Crippen LogP contribution >= 0.6 is 0 Å². The number of hydrogen-bond acceptors (Lipinski definition) is 5. The molecule has 1 aliphatic heterocycles. The summed E-state index contributed by atoms with van der Waals surface area (Å²) in [5.74, 6) is -0.224. The first-order valence-corrected chi connectivity index (χ1v) is 9.52. The molecule has 4 N–H and O–H groups in total. The molecule has 0 aliphatic carbocycles. The topological polar surface area (TPSA) is 92.9 Å². The van der Waals surface area contributed by atoms with Gasteiger partial charge in [-0.2, -0.15) is 13.2 Å². The zero-order chi connectivity index (χ0) is 21.3. The average molecular weight is 415 g/mol. The monoisotopic (exact) mass is 415 g/mol. The van der Waals surface area contributed by atoms with Gasteiger partial charge in [-0.3, -0.25) is 4.79 Å². The quantitative estimate of drug-likeness (QED) is 0.608. The van der Waals surface area contributed by atoms with Crippen molar-refractivity contribution in [2.24, 2.45) is 5.73 Å². The highest BCUT2D eigenvalue weighted by Gasteiger charge is 2.33. The molecule has 6 nitrogen and oxygen atoms in total. The van der Waals surface area contributed by atoms with Crippen LogP contribution in [0, 0.1) is 0 Å². The highest BCUT2D eigenvalue weighted by molar-refractivity contribution is 6.06. The van der Waals surface area contributed by atoms with Crippen molar-refractivity contribution in [3.05, 3.63) is 65.5 Å². The summed E-state index contributed by atoms with van der Waals surface area (Å²) < 4.78 is 39.5. The molecule has 1 unspecified atom stereocenters. The van der Waals surface area contributed by atoms with Crippen LogP contribution in [0.3, 0.4) is 0 Å². The number of primary amides is 1. The van der Waals surface area contributed by atoms with Crippen LogP contribution in [0.15, 0.2) is 48.8 Å². The van der Waals surface area contributed by atoms with Crippen LogP contribution in [-0.4, -0.2) is 35.0 Å². The summed E-state index contributed by atoms with van der Waals surface area (Å²) in [5.41, 5.74) is 6.13. The van der Waals surface area contributed by atoms with Crippen molar-refractivity contribution in [2.45, 2.75) is 24.6 Å². The Morgan fingerprint density at radius 2 is 1.97 bits per heavy atom. The molecule has 9 heteroatoms. The van der Waals surface area contributed by atoms with E-state index in [1.807, 2.05) is 0 Å². The molecular weight excluding hydrogens is 395 g/mol. The fraction of sp³-hybridized carbons (Fsp3) is 0.286. The first-order chi connectivity index (χ1) is 14.3. The highest BCUT2D eigenvalue weighted by atomic mass is 19.4. The van der Waals surface area contributed by atoms with E-state index >= 15 is 0 Å². The number of carbonyl (C=O) groups is 1. The number of piperidine rings is 1. The Morgan fingerprint density at radius 1 is 1.17 bits per heavy atom. The Balaban J connectivity index is 1.69. The predicted molar refractivity (Wildman–Crippen MR) is 107 cm³/mol. The summed E-state index contributed by atoms with van der Waals surface area (Å²) in [6.45, 7) is 1.26. The van der Waals surface area contributed by atoms with Crippen LogP contribution in [0.5, 0.6) is 0 Å². The van der Waals surface area contributed by atoms with Crippen molar-refractivity contribution in [1.29, 1.82) is 0 Å². The molecule has 1 fully saturated rings. The minimum atomic E-state index is -4.39. The molecule has 156 valence electrons. The van der Waals surface area contributed by atoms with Gasteiger partial charge in [0.15, 0.2) is 0 Å². The summed E-state index contributed by atoms with van der Waals surface area (Å²) in [4.78, 5) is 20.2. The summed E-state index contributed by atoms with van der Waals surface area (Å²) in [7, 11) is 0. The molecule has 1 saturated heterocycles. The Hall–Kier alpha value is -3.20. The minimum absolute atomic E-state index is 0.141. The largest absolute Gasteiger partial charge is 0.416 e. The number of nitrogens with zero attached hydrogens (tertiary/aromatic N) is 2. The van der Waals surface area contributed by atoms with Crippen LogP contribution in [-0.2, 0) is 6.18 Å². The van der Waals surface area contributed by atoms with Gasteiger partial charge in [0, 0.05) is 23.9 Å². The molecule has 0 radical (unpaired) electrons. The first-order valence-electron chi connectivity index (χ1n) is 9.52. The number of anilines is 1. The van der Waals surface area contributed by atoms with Crippen LogP contribution in [0.2, 0.25) is 0 Å². The van der Waals surface area contributed by atoms with Crippen LogP contribution in [0.25, 0.3) is 10.9 Å². The standard InChI is InChI=1S/C21H20F3N5O/c22-21(23,24)13-4-1-3-12(9-13)14-7-8-26-10-17(14)29-20-16-6-2-5-15(19(25)30)18(16)27-11-28-20/h1-6,9,11,14,17,26H,7-8,10H2,(H2,25,30)(H,27,28,29)/t14-,17?/m1/s1. The second-order valence-corrected chi connectivity index (χ2v) is 7.26. The Labute approximate surface area is 170 Å². The molecule has 2 aromatic carbocycles. The van der Waals surface area contributed by atoms with Gasteiger partial charge in [0.2, 0.25) is 0 Å². The fourth-order valence-corrected chi connectivity index (χ4v) is 3.93. The number of nitrogens with two attached hydrogens (primary N) is 1. The third kappa shape index (κ3) is 3.93. The molecule has 0 bridgehead atoms. The molecule has 4 rings (SSSR count). The van der Waals surface area contributed by atoms with E-state index < -0.39 is 17.6 Å². The summed E-state index contributed by atoms with van der Waals surface area (Å²) in [5, 5.41) is 7.25. The number of carbonyl (C=O) groups excluding carboxylic acids is 1. The molecule has 1 aromatic heterocycles. The summed E-state index contributed by atoms with van der Waals surface area (Å²) in [6, 6.07) is 10.3. The molecule has 0 saturated carbocycles. The lowest BCUT2D eigenvalue weighted by Crippen LogP contribution is -2.44. The van der Waals surface area contributed by atoms with E-state index in [1.165, 1.54) is 18.5 Å². The van der Waals surface area contributed by atoms with Gasteiger partial charge in [0.05, 0.1) is 16.6 Å². The maximum Gasteiger partial charge on any atom is 0.416 e. The predicted octanol–water partition coefficient (Wildman–Crippen LogP) is 3.31. The molecule has 1 amide bonds. The number of aromatic nitrogens is 2. The SMILES string of the molecule is NC(=O)c1cccc2c(NC3CNCC[C@@H]3c3cccc(C(F)(F)F)c3)ncnc12. The lowest BCUT2D eigenvalue weighted by molar-refractivity contribution is -0.137. The molecule has 30 heavy (non-hydrogen) atoms. The number of nitrogens with one attached hydrogen (secondary N) is 2. The second kappa shape index (κ2) is 7.91. The van der Waals surface area contributed by atoms with Gasteiger partial charge < -0.3 is 16.4 Å². The third-order valence-electron chi connectivity index (χ3n) is 5.38. The summed E-state index contributed by atoms with van der Waals surface area (Å²) in [6.07, 6.45) is -2.37. The first kappa shape index (κ1) is 20.1. The zero-order valence-electron chi connectivity index (χ0n) is 15.9. The minimum Gasteiger partial charge on any atom is -0.366 e. The van der Waals surface area contributed by atoms with Gasteiger partial charge in [-0.05, 0) is 36.7 Å². The normalized spacial score (nSPS) is 19.6. The number of amides is 1. The molecule has 0 spiro atoms. The second-order valence-electron chi connectivity index (χ2n) is 7.26. The zero-order valence-corrected chi connectivity index (χ0v) is 15.9.